The van der Waals surface area contributed by atoms with Crippen molar-refractivity contribution in [2.24, 2.45) is 0 Å². The Kier molecular flexibility index (Phi) is 4.24. The number of rotatable bonds is 4. The molecule has 0 radical (unpaired) electrons. The monoisotopic (exact) mass is 352 g/mol. The summed E-state index contributed by atoms with van der Waals surface area (Å²) in [5.74, 6) is -0.946. The van der Waals surface area contributed by atoms with Crippen LogP contribution >= 0.6 is 0 Å². The van der Waals surface area contributed by atoms with Crippen LogP contribution in [0.3, 0.4) is 0 Å². The Bertz CT molecular complexity index is 800. The Labute approximate surface area is 141 Å². The number of aromatic nitrogens is 2. The predicted octanol–water partition coefficient (Wildman–Crippen LogP) is 3.16. The molecule has 2 aromatic rings. The standard InChI is InChI=1S/C17H15F3N2O3/c18-17(19,20)12-3-2-10(6-11(12)9-23)13-7-22-14(8-21-13)16(15(24)25)4-1-5-16/h2-3,6-8,23H,1,4-5,9H2,(H,24,25). The van der Waals surface area contributed by atoms with Crippen molar-refractivity contribution in [3.63, 3.8) is 0 Å². The maximum Gasteiger partial charge on any atom is 0.416 e. The van der Waals surface area contributed by atoms with Crippen LogP contribution in [0.4, 0.5) is 13.2 Å². The summed E-state index contributed by atoms with van der Waals surface area (Å²) in [5, 5.41) is 18.6. The largest absolute Gasteiger partial charge is 0.481 e. The van der Waals surface area contributed by atoms with E-state index in [4.69, 9.17) is 0 Å². The molecular formula is C17H15F3N2O3. The summed E-state index contributed by atoms with van der Waals surface area (Å²) in [6.45, 7) is -0.754. The van der Waals surface area contributed by atoms with Gasteiger partial charge in [0.25, 0.3) is 0 Å². The second-order valence-electron chi connectivity index (χ2n) is 6.06. The van der Waals surface area contributed by atoms with Crippen LogP contribution < -0.4 is 0 Å². The summed E-state index contributed by atoms with van der Waals surface area (Å²) in [5.41, 5.74) is -1.13. The van der Waals surface area contributed by atoms with E-state index in [1.165, 1.54) is 24.5 Å². The number of nitrogens with zero attached hydrogens (tertiary/aromatic N) is 2. The molecule has 0 saturated heterocycles. The van der Waals surface area contributed by atoms with Crippen molar-refractivity contribution in [1.82, 2.24) is 9.97 Å². The van der Waals surface area contributed by atoms with Crippen LogP contribution in [0, 0.1) is 0 Å². The van der Waals surface area contributed by atoms with Crippen LogP contribution in [-0.4, -0.2) is 26.2 Å². The summed E-state index contributed by atoms with van der Waals surface area (Å²) in [4.78, 5) is 19.8. The van der Waals surface area contributed by atoms with Gasteiger partial charge in [-0.1, -0.05) is 12.5 Å². The number of aliphatic carboxylic acids is 1. The van der Waals surface area contributed by atoms with Gasteiger partial charge in [0.15, 0.2) is 0 Å². The van der Waals surface area contributed by atoms with Crippen LogP contribution in [0.15, 0.2) is 30.6 Å². The van der Waals surface area contributed by atoms with Crippen LogP contribution in [0.5, 0.6) is 0 Å². The van der Waals surface area contributed by atoms with Gasteiger partial charge in [-0.05, 0) is 30.5 Å². The molecule has 25 heavy (non-hydrogen) atoms. The Morgan fingerprint density at radius 1 is 1.20 bits per heavy atom. The third kappa shape index (κ3) is 2.97. The summed E-state index contributed by atoms with van der Waals surface area (Å²) in [6, 6.07) is 3.35. The number of aliphatic hydroxyl groups excluding tert-OH is 1. The first-order chi connectivity index (χ1) is 11.8. The van der Waals surface area contributed by atoms with Gasteiger partial charge >= 0.3 is 12.1 Å². The summed E-state index contributed by atoms with van der Waals surface area (Å²) < 4.78 is 38.6. The first-order valence-corrected chi connectivity index (χ1v) is 7.65. The number of carboxylic acids is 1. The lowest BCUT2D eigenvalue weighted by molar-refractivity contribution is -0.147. The second kappa shape index (κ2) is 6.11. The Morgan fingerprint density at radius 3 is 2.36 bits per heavy atom. The van der Waals surface area contributed by atoms with Gasteiger partial charge in [-0.3, -0.25) is 14.8 Å². The van der Waals surface area contributed by atoms with Crippen LogP contribution in [0.1, 0.15) is 36.1 Å². The number of hydrogen-bond acceptors (Lipinski definition) is 4. The molecule has 0 unspecified atom stereocenters. The van der Waals surface area contributed by atoms with E-state index >= 15 is 0 Å². The van der Waals surface area contributed by atoms with Crippen LogP contribution in [0.25, 0.3) is 11.3 Å². The lowest BCUT2D eigenvalue weighted by Gasteiger charge is -2.36. The van der Waals surface area contributed by atoms with E-state index < -0.39 is 29.7 Å². The van der Waals surface area contributed by atoms with Crippen molar-refractivity contribution >= 4 is 5.97 Å². The van der Waals surface area contributed by atoms with Crippen molar-refractivity contribution in [1.29, 1.82) is 0 Å². The van der Waals surface area contributed by atoms with Crippen molar-refractivity contribution < 1.29 is 28.2 Å². The number of halogens is 3. The number of carbonyl (C=O) groups is 1. The maximum absolute atomic E-state index is 12.9. The fraction of sp³-hybridized carbons (Fsp3) is 0.353. The summed E-state index contributed by atoms with van der Waals surface area (Å²) >= 11 is 0. The number of hydrogen-bond donors (Lipinski definition) is 2. The molecule has 5 nitrogen and oxygen atoms in total. The first-order valence-electron chi connectivity index (χ1n) is 7.65. The second-order valence-corrected chi connectivity index (χ2v) is 6.06. The fourth-order valence-corrected chi connectivity index (χ4v) is 2.99. The first kappa shape index (κ1) is 17.3. The molecular weight excluding hydrogens is 337 g/mol. The highest BCUT2D eigenvalue weighted by molar-refractivity contribution is 5.81. The average molecular weight is 352 g/mol. The van der Waals surface area contributed by atoms with Gasteiger partial charge < -0.3 is 10.2 Å². The molecule has 2 N–H and O–H groups in total. The number of carboxylic acid groups (broad SMARTS) is 1. The SMILES string of the molecule is O=C(O)C1(c2cnc(-c3ccc(C(F)(F)F)c(CO)c3)cn2)CCC1. The molecule has 0 bridgehead atoms. The minimum atomic E-state index is -4.55. The van der Waals surface area contributed by atoms with E-state index in [0.717, 1.165) is 12.5 Å². The smallest absolute Gasteiger partial charge is 0.416 e. The van der Waals surface area contributed by atoms with E-state index in [0.29, 0.717) is 29.8 Å². The molecule has 1 saturated carbocycles. The quantitative estimate of drug-likeness (QED) is 0.883. The maximum atomic E-state index is 12.9. The molecule has 0 atom stereocenters. The molecule has 1 aliphatic carbocycles. The van der Waals surface area contributed by atoms with Crippen molar-refractivity contribution in [2.45, 2.75) is 37.5 Å². The van der Waals surface area contributed by atoms with Crippen molar-refractivity contribution in [2.75, 3.05) is 0 Å². The van der Waals surface area contributed by atoms with Crippen LogP contribution in [-0.2, 0) is 23.0 Å². The van der Waals surface area contributed by atoms with Crippen molar-refractivity contribution in [3.8, 4) is 11.3 Å². The fourth-order valence-electron chi connectivity index (χ4n) is 2.99. The Morgan fingerprint density at radius 2 is 1.92 bits per heavy atom. The molecule has 8 heteroatoms. The topological polar surface area (TPSA) is 83.3 Å². The third-order valence-electron chi connectivity index (χ3n) is 4.64. The molecule has 3 rings (SSSR count). The van der Waals surface area contributed by atoms with Gasteiger partial charge in [-0.15, -0.1) is 0 Å². The van der Waals surface area contributed by atoms with E-state index in [-0.39, 0.29) is 5.56 Å². The minimum absolute atomic E-state index is 0.253. The summed E-state index contributed by atoms with van der Waals surface area (Å²) in [6.07, 6.45) is -0.0592. The molecule has 0 amide bonds. The Balaban J connectivity index is 1.94. The van der Waals surface area contributed by atoms with E-state index in [2.05, 4.69) is 9.97 Å². The zero-order valence-corrected chi connectivity index (χ0v) is 13.0. The normalized spacial score (nSPS) is 16.3. The molecule has 132 valence electrons. The van der Waals surface area contributed by atoms with Crippen molar-refractivity contribution in [3.05, 3.63) is 47.4 Å². The van der Waals surface area contributed by atoms with E-state index in [9.17, 15) is 28.2 Å². The van der Waals surface area contributed by atoms with Gasteiger partial charge in [-0.25, -0.2) is 0 Å². The zero-order valence-electron chi connectivity index (χ0n) is 13.0. The van der Waals surface area contributed by atoms with Gasteiger partial charge in [0.2, 0.25) is 0 Å². The number of benzene rings is 1. The highest BCUT2D eigenvalue weighted by Crippen LogP contribution is 2.43. The molecule has 1 heterocycles. The molecule has 1 fully saturated rings. The average Bonchev–Trinajstić information content (AvgIpc) is 2.52. The third-order valence-corrected chi connectivity index (χ3v) is 4.64. The van der Waals surface area contributed by atoms with Gasteiger partial charge in [0, 0.05) is 5.56 Å². The van der Waals surface area contributed by atoms with Gasteiger partial charge in [-0.2, -0.15) is 13.2 Å². The lowest BCUT2D eigenvalue weighted by atomic mass is 9.67. The van der Waals surface area contributed by atoms with E-state index in [1.807, 2.05) is 0 Å². The zero-order chi connectivity index (χ0) is 18.2. The highest BCUT2D eigenvalue weighted by Gasteiger charge is 2.47. The lowest BCUT2D eigenvalue weighted by Crippen LogP contribution is -2.43. The molecule has 0 spiro atoms. The van der Waals surface area contributed by atoms with Crippen LogP contribution in [0.2, 0.25) is 0 Å². The predicted molar refractivity (Wildman–Crippen MR) is 81.6 cm³/mol. The molecule has 0 aliphatic heterocycles. The molecule has 1 aliphatic rings. The molecule has 1 aromatic heterocycles. The van der Waals surface area contributed by atoms with Gasteiger partial charge in [0.1, 0.15) is 5.41 Å². The molecule has 1 aromatic carbocycles. The number of alkyl halides is 3. The number of aliphatic hydroxyl groups is 1. The summed E-state index contributed by atoms with van der Waals surface area (Å²) in [7, 11) is 0. The van der Waals surface area contributed by atoms with Gasteiger partial charge in [0.05, 0.1) is 36.0 Å². The Hall–Kier alpha value is -2.48. The van der Waals surface area contributed by atoms with E-state index in [1.54, 1.807) is 0 Å². The highest BCUT2D eigenvalue weighted by atomic mass is 19.4. The minimum Gasteiger partial charge on any atom is -0.481 e.